The standard InChI is InChI=1S/C55H109O30P3/c1-39(2)55(36-71-21-18-30-80-86(65,66)77-27-15-9-6-12-24-74-52-40(3)46(59)49(62)43(33-56)83-52,37-72-22-19-31-81-87(67,68)78-28-16-10-7-13-25-75-53-41(4)47(60)50(63)44(34-57)84-53)38-73-23-20-32-82-88(69,70)79-29-17-11-8-14-26-76-54-42(5)48(61)51(64)45(35-58)85-54/h39-54,56-64H,6-38H2,1-5H3,(H,65,66)(H,67,68)(H,69,70). The molecule has 3 aliphatic heterocycles. The van der Waals surface area contributed by atoms with Crippen LogP contribution in [0.4, 0.5) is 0 Å². The summed E-state index contributed by atoms with van der Waals surface area (Å²) in [6.45, 7) is 8.76. The summed E-state index contributed by atoms with van der Waals surface area (Å²) in [5.41, 5.74) is -0.752. The second kappa shape index (κ2) is 44.4. The number of ether oxygens (including phenoxy) is 9. The highest BCUT2D eigenvalue weighted by atomic mass is 31.2. The third-order valence-corrected chi connectivity index (χ3v) is 18.8. The first kappa shape index (κ1) is 81.8. The van der Waals surface area contributed by atoms with Crippen LogP contribution >= 0.6 is 23.5 Å². The van der Waals surface area contributed by atoms with Crippen LogP contribution in [0.15, 0.2) is 0 Å². The number of unbranched alkanes of at least 4 members (excludes halogenated alkanes) is 9. The Hall–Kier alpha value is -0.390. The Kier molecular flexibility index (Phi) is 41.3. The third kappa shape index (κ3) is 31.0. The van der Waals surface area contributed by atoms with Crippen LogP contribution < -0.4 is 0 Å². The molecule has 0 spiro atoms. The second-order valence-corrected chi connectivity index (χ2v) is 27.6. The summed E-state index contributed by atoms with van der Waals surface area (Å²) in [7, 11) is -13.1. The van der Waals surface area contributed by atoms with E-state index in [1.807, 2.05) is 13.8 Å². The van der Waals surface area contributed by atoms with E-state index in [1.165, 1.54) is 0 Å². The van der Waals surface area contributed by atoms with Crippen molar-refractivity contribution in [2.45, 2.75) is 205 Å². The normalized spacial score (nSPS) is 30.7. The molecule has 18 unspecified atom stereocenters. The lowest BCUT2D eigenvalue weighted by Gasteiger charge is -2.40. The molecule has 18 atom stereocenters. The van der Waals surface area contributed by atoms with E-state index >= 15 is 0 Å². The minimum Gasteiger partial charge on any atom is -0.394 e. The summed E-state index contributed by atoms with van der Waals surface area (Å²) in [5.74, 6) is -1.59. The van der Waals surface area contributed by atoms with Crippen molar-refractivity contribution in [3.05, 3.63) is 0 Å². The summed E-state index contributed by atoms with van der Waals surface area (Å²) < 4.78 is 121. The SMILES string of the molecule is CC1C(OCCCCCCOP(=O)(O)OCCCOCC(COCCCOP(=O)(O)OCCCCCCOC2OC(CO)C(O)C(O)C2C)(COCCCOP(=O)(O)OCCCCCCOC2OC(CO)C(O)C(O)C2C)C(C)C)OC(CO)C(O)C1O. The quantitative estimate of drug-likeness (QED) is 0.0307. The van der Waals surface area contributed by atoms with Crippen LogP contribution in [-0.4, -0.2) is 253 Å². The molecule has 0 aromatic carbocycles. The Morgan fingerprint density at radius 2 is 0.580 bits per heavy atom. The van der Waals surface area contributed by atoms with Gasteiger partial charge >= 0.3 is 23.5 Å². The maximum atomic E-state index is 12.6. The highest BCUT2D eigenvalue weighted by Gasteiger charge is 2.45. The monoisotopic (exact) mass is 1340 g/mol. The molecule has 0 aromatic rings. The molecule has 524 valence electrons. The van der Waals surface area contributed by atoms with Crippen molar-refractivity contribution in [1.29, 1.82) is 0 Å². The van der Waals surface area contributed by atoms with Crippen LogP contribution in [0.25, 0.3) is 0 Å². The average molecular weight is 1340 g/mol. The van der Waals surface area contributed by atoms with E-state index in [0.717, 1.165) is 0 Å². The Morgan fingerprint density at radius 1 is 0.352 bits per heavy atom. The Labute approximate surface area is 518 Å². The van der Waals surface area contributed by atoms with Crippen LogP contribution in [0.5, 0.6) is 0 Å². The molecule has 0 saturated carbocycles. The maximum absolute atomic E-state index is 12.6. The molecule has 0 radical (unpaired) electrons. The van der Waals surface area contributed by atoms with Gasteiger partial charge in [0.2, 0.25) is 0 Å². The van der Waals surface area contributed by atoms with Gasteiger partial charge in [0, 0.05) is 62.8 Å². The van der Waals surface area contributed by atoms with E-state index in [0.29, 0.717) is 96.9 Å². The van der Waals surface area contributed by atoms with Gasteiger partial charge in [-0.3, -0.25) is 27.1 Å². The fourth-order valence-electron chi connectivity index (χ4n) is 9.63. The molecule has 0 bridgehead atoms. The van der Waals surface area contributed by atoms with Gasteiger partial charge in [-0.15, -0.1) is 0 Å². The molecule has 12 N–H and O–H groups in total. The van der Waals surface area contributed by atoms with Gasteiger partial charge < -0.3 is 103 Å². The second-order valence-electron chi connectivity index (χ2n) is 23.2. The van der Waals surface area contributed by atoms with Crippen LogP contribution in [-0.2, 0) is 83.5 Å². The van der Waals surface area contributed by atoms with E-state index in [-0.39, 0.29) is 104 Å². The fourth-order valence-corrected chi connectivity index (χ4v) is 12.0. The first-order chi connectivity index (χ1) is 41.8. The smallest absolute Gasteiger partial charge is 0.394 e. The molecule has 0 amide bonds. The highest BCUT2D eigenvalue weighted by Crippen LogP contribution is 2.45. The lowest BCUT2D eigenvalue weighted by atomic mass is 9.79. The zero-order valence-electron chi connectivity index (χ0n) is 52.1. The largest absolute Gasteiger partial charge is 0.472 e. The molecule has 30 nitrogen and oxygen atoms in total. The Balaban J connectivity index is 1.36. The van der Waals surface area contributed by atoms with E-state index in [1.54, 1.807) is 20.8 Å². The molecule has 0 aliphatic carbocycles. The average Bonchev–Trinajstić information content (AvgIpc) is 2.82. The number of aliphatic hydroxyl groups is 9. The lowest BCUT2D eigenvalue weighted by Crippen LogP contribution is -2.55. The first-order valence-corrected chi connectivity index (χ1v) is 35.6. The third-order valence-electron chi connectivity index (χ3n) is 15.7. The van der Waals surface area contributed by atoms with Gasteiger partial charge in [-0.1, -0.05) is 73.1 Å². The van der Waals surface area contributed by atoms with Crippen molar-refractivity contribution in [3.8, 4) is 0 Å². The van der Waals surface area contributed by atoms with Crippen molar-refractivity contribution < 1.29 is 144 Å². The van der Waals surface area contributed by atoms with Crippen LogP contribution in [0.2, 0.25) is 0 Å². The highest BCUT2D eigenvalue weighted by molar-refractivity contribution is 7.47. The van der Waals surface area contributed by atoms with Crippen LogP contribution in [0.3, 0.4) is 0 Å². The molecule has 3 heterocycles. The fraction of sp³-hybridized carbons (Fsp3) is 1.00. The summed E-state index contributed by atoms with van der Waals surface area (Å²) in [4.78, 5) is 30.8. The molecular weight excluding hydrogens is 1230 g/mol. The van der Waals surface area contributed by atoms with Crippen molar-refractivity contribution in [1.82, 2.24) is 0 Å². The molecule has 3 aliphatic rings. The predicted octanol–water partition coefficient (Wildman–Crippen LogP) is 3.21. The van der Waals surface area contributed by atoms with Crippen LogP contribution in [0, 0.1) is 29.1 Å². The minimum absolute atomic E-state index is 0.0223. The van der Waals surface area contributed by atoms with E-state index in [4.69, 9.17) is 69.8 Å². The van der Waals surface area contributed by atoms with Gasteiger partial charge in [-0.05, 0) is 63.7 Å². The van der Waals surface area contributed by atoms with Gasteiger partial charge in [0.15, 0.2) is 18.9 Å². The van der Waals surface area contributed by atoms with Gasteiger partial charge in [0.1, 0.15) is 36.6 Å². The Bertz CT molecular complexity index is 1730. The van der Waals surface area contributed by atoms with Crippen molar-refractivity contribution >= 4 is 23.5 Å². The molecular formula is C55H109O30P3. The number of phosphoric ester groups is 3. The van der Waals surface area contributed by atoms with E-state index in [9.17, 15) is 74.3 Å². The van der Waals surface area contributed by atoms with E-state index in [2.05, 4.69) is 0 Å². The van der Waals surface area contributed by atoms with Crippen molar-refractivity contribution in [3.63, 3.8) is 0 Å². The minimum atomic E-state index is -4.36. The Morgan fingerprint density at radius 3 is 0.807 bits per heavy atom. The topological polar surface area (TPSA) is 432 Å². The number of phosphoric acid groups is 3. The number of hydrogen-bond donors (Lipinski definition) is 12. The molecule has 0 aromatic heterocycles. The van der Waals surface area contributed by atoms with Gasteiger partial charge in [-0.2, -0.15) is 0 Å². The molecule has 33 heteroatoms. The predicted molar refractivity (Wildman–Crippen MR) is 313 cm³/mol. The van der Waals surface area contributed by atoms with Gasteiger partial charge in [0.25, 0.3) is 0 Å². The van der Waals surface area contributed by atoms with Gasteiger partial charge in [0.05, 0.1) is 97.6 Å². The summed E-state index contributed by atoms with van der Waals surface area (Å²) in [5, 5.41) is 89.0. The molecule has 3 saturated heterocycles. The van der Waals surface area contributed by atoms with Gasteiger partial charge in [-0.25, -0.2) is 13.7 Å². The molecule has 3 rings (SSSR count). The zero-order valence-corrected chi connectivity index (χ0v) is 54.8. The van der Waals surface area contributed by atoms with Crippen LogP contribution in [0.1, 0.15) is 131 Å². The number of aliphatic hydroxyl groups excluding tert-OH is 9. The summed E-state index contributed by atoms with van der Waals surface area (Å²) >= 11 is 0. The maximum Gasteiger partial charge on any atom is 0.472 e. The van der Waals surface area contributed by atoms with Crippen molar-refractivity contribution in [2.24, 2.45) is 29.1 Å². The van der Waals surface area contributed by atoms with Crippen molar-refractivity contribution in [2.75, 3.05) is 119 Å². The lowest BCUT2D eigenvalue weighted by molar-refractivity contribution is -0.282. The molecule has 88 heavy (non-hydrogen) atoms. The van der Waals surface area contributed by atoms with E-state index < -0.39 is 140 Å². The molecule has 3 fully saturated rings. The summed E-state index contributed by atoms with van der Waals surface area (Å²) in [6, 6.07) is 0. The summed E-state index contributed by atoms with van der Waals surface area (Å²) in [6.07, 6.45) is -3.96. The number of hydrogen-bond acceptors (Lipinski definition) is 27. The number of rotatable bonds is 52. The first-order valence-electron chi connectivity index (χ1n) is 31.2. The zero-order chi connectivity index (χ0) is 65.2.